The largest absolute Gasteiger partial charge is 0.296 e. The molecule has 1 aliphatic rings. The van der Waals surface area contributed by atoms with Gasteiger partial charge in [-0.1, -0.05) is 60.7 Å². The fourth-order valence-electron chi connectivity index (χ4n) is 2.82. The molecule has 0 bridgehead atoms. The molecule has 0 saturated carbocycles. The van der Waals surface area contributed by atoms with Crippen LogP contribution in [0.2, 0.25) is 0 Å². The topological polar surface area (TPSA) is 46.2 Å². The lowest BCUT2D eigenvalue weighted by Crippen LogP contribution is -2.37. The van der Waals surface area contributed by atoms with E-state index in [0.717, 1.165) is 11.1 Å². The molecule has 3 rings (SSSR count). The van der Waals surface area contributed by atoms with Crippen molar-refractivity contribution in [2.75, 3.05) is 0 Å². The molecule has 0 spiro atoms. The van der Waals surface area contributed by atoms with E-state index in [9.17, 15) is 9.59 Å². The zero-order valence-electron chi connectivity index (χ0n) is 11.0. The number of imide groups is 1. The van der Waals surface area contributed by atoms with Crippen LogP contribution in [0.4, 0.5) is 0 Å². The summed E-state index contributed by atoms with van der Waals surface area (Å²) in [6.07, 6.45) is 0.750. The van der Waals surface area contributed by atoms with Gasteiger partial charge in [0.25, 0.3) is 0 Å². The lowest BCUT2D eigenvalue weighted by molar-refractivity contribution is -0.126. The summed E-state index contributed by atoms with van der Waals surface area (Å²) in [6.45, 7) is 0. The summed E-state index contributed by atoms with van der Waals surface area (Å²) >= 11 is 0. The van der Waals surface area contributed by atoms with Gasteiger partial charge in [-0.3, -0.25) is 14.9 Å². The second kappa shape index (κ2) is 4.93. The van der Waals surface area contributed by atoms with Crippen molar-refractivity contribution >= 4 is 11.8 Å². The standard InChI is InChI=1S/C17H15NO2/c19-15-12-17(16(20)18-15,14-9-5-2-6-10-14)11-13-7-3-1-4-8-13/h1-10H,11-12H2,(H,18,19,20). The second-order valence-electron chi connectivity index (χ2n) is 5.16. The van der Waals surface area contributed by atoms with Gasteiger partial charge in [0.1, 0.15) is 0 Å². The SMILES string of the molecule is O=C1CC(Cc2ccccc2)(c2ccccc2)C(=O)N1. The first-order chi connectivity index (χ1) is 9.71. The van der Waals surface area contributed by atoms with E-state index in [1.54, 1.807) is 0 Å². The molecule has 100 valence electrons. The van der Waals surface area contributed by atoms with Gasteiger partial charge in [-0.15, -0.1) is 0 Å². The highest BCUT2D eigenvalue weighted by atomic mass is 16.2. The molecule has 1 unspecified atom stereocenters. The summed E-state index contributed by atoms with van der Waals surface area (Å²) in [4.78, 5) is 24.1. The van der Waals surface area contributed by atoms with E-state index in [2.05, 4.69) is 5.32 Å². The maximum absolute atomic E-state index is 12.4. The number of carbonyl (C=O) groups is 2. The molecule has 0 aliphatic carbocycles. The summed E-state index contributed by atoms with van der Waals surface area (Å²) in [6, 6.07) is 19.4. The van der Waals surface area contributed by atoms with Crippen LogP contribution in [0, 0.1) is 0 Å². The molecule has 2 amide bonds. The summed E-state index contributed by atoms with van der Waals surface area (Å²) in [5.74, 6) is -0.396. The van der Waals surface area contributed by atoms with E-state index >= 15 is 0 Å². The normalized spacial score (nSPS) is 21.8. The zero-order chi connectivity index (χ0) is 14.0. The molecular weight excluding hydrogens is 250 g/mol. The Labute approximate surface area is 117 Å². The van der Waals surface area contributed by atoms with E-state index < -0.39 is 5.41 Å². The maximum Gasteiger partial charge on any atom is 0.238 e. The molecule has 2 aromatic carbocycles. The predicted molar refractivity (Wildman–Crippen MR) is 76.0 cm³/mol. The Morgan fingerprint density at radius 1 is 0.900 bits per heavy atom. The van der Waals surface area contributed by atoms with Crippen molar-refractivity contribution in [2.45, 2.75) is 18.3 Å². The molecule has 3 nitrogen and oxygen atoms in total. The first-order valence-corrected chi connectivity index (χ1v) is 6.64. The molecule has 0 radical (unpaired) electrons. The monoisotopic (exact) mass is 265 g/mol. The summed E-state index contributed by atoms with van der Waals surface area (Å²) in [5.41, 5.74) is 1.17. The van der Waals surface area contributed by atoms with E-state index in [4.69, 9.17) is 0 Å². The average Bonchev–Trinajstić information content (AvgIpc) is 2.76. The Bertz CT molecular complexity index is 637. The maximum atomic E-state index is 12.4. The summed E-state index contributed by atoms with van der Waals surface area (Å²) in [5, 5.41) is 2.45. The third-order valence-electron chi connectivity index (χ3n) is 3.83. The van der Waals surface area contributed by atoms with Crippen molar-refractivity contribution < 1.29 is 9.59 Å². The molecule has 1 saturated heterocycles. The third-order valence-corrected chi connectivity index (χ3v) is 3.83. The molecule has 0 aromatic heterocycles. The smallest absolute Gasteiger partial charge is 0.238 e. The number of benzene rings is 2. The van der Waals surface area contributed by atoms with Gasteiger partial charge in [-0.05, 0) is 17.5 Å². The first-order valence-electron chi connectivity index (χ1n) is 6.64. The Morgan fingerprint density at radius 2 is 1.50 bits per heavy atom. The first kappa shape index (κ1) is 12.6. The molecule has 1 N–H and O–H groups in total. The molecular formula is C17H15NO2. The van der Waals surface area contributed by atoms with Gasteiger partial charge in [0.05, 0.1) is 5.41 Å². The van der Waals surface area contributed by atoms with Crippen molar-refractivity contribution in [1.82, 2.24) is 5.32 Å². The minimum Gasteiger partial charge on any atom is -0.296 e. The van der Waals surface area contributed by atoms with E-state index in [-0.39, 0.29) is 18.2 Å². The van der Waals surface area contributed by atoms with Crippen molar-refractivity contribution in [3.05, 3.63) is 71.8 Å². The number of hydrogen-bond donors (Lipinski definition) is 1. The van der Waals surface area contributed by atoms with E-state index in [1.807, 2.05) is 60.7 Å². The van der Waals surface area contributed by atoms with Gasteiger partial charge in [0, 0.05) is 6.42 Å². The minimum atomic E-state index is -0.778. The highest BCUT2D eigenvalue weighted by molar-refractivity contribution is 6.09. The molecule has 3 heteroatoms. The Kier molecular flexibility index (Phi) is 3.11. The van der Waals surface area contributed by atoms with Crippen molar-refractivity contribution in [1.29, 1.82) is 0 Å². The summed E-state index contributed by atoms with van der Waals surface area (Å²) < 4.78 is 0. The molecule has 1 fully saturated rings. The lowest BCUT2D eigenvalue weighted by Gasteiger charge is -2.26. The van der Waals surface area contributed by atoms with Crippen LogP contribution in [-0.2, 0) is 21.4 Å². The van der Waals surface area contributed by atoms with Crippen LogP contribution in [0.25, 0.3) is 0 Å². The number of carbonyl (C=O) groups excluding carboxylic acids is 2. The van der Waals surface area contributed by atoms with E-state index in [1.165, 1.54) is 0 Å². The van der Waals surface area contributed by atoms with Crippen LogP contribution in [0.15, 0.2) is 60.7 Å². The van der Waals surface area contributed by atoms with Gasteiger partial charge >= 0.3 is 0 Å². The number of rotatable bonds is 3. The van der Waals surface area contributed by atoms with Crippen LogP contribution < -0.4 is 5.32 Å². The fourth-order valence-corrected chi connectivity index (χ4v) is 2.82. The quantitative estimate of drug-likeness (QED) is 0.865. The number of nitrogens with one attached hydrogen (secondary N) is 1. The Balaban J connectivity index is 2.05. The second-order valence-corrected chi connectivity index (χ2v) is 5.16. The molecule has 1 aliphatic heterocycles. The average molecular weight is 265 g/mol. The van der Waals surface area contributed by atoms with Gasteiger partial charge < -0.3 is 0 Å². The highest BCUT2D eigenvalue weighted by Gasteiger charge is 2.47. The van der Waals surface area contributed by atoms with Gasteiger partial charge in [-0.25, -0.2) is 0 Å². The summed E-state index contributed by atoms with van der Waals surface area (Å²) in [7, 11) is 0. The highest BCUT2D eigenvalue weighted by Crippen LogP contribution is 2.35. The fraction of sp³-hybridized carbons (Fsp3) is 0.176. The lowest BCUT2D eigenvalue weighted by atomic mass is 9.74. The minimum absolute atomic E-state index is 0.197. The molecule has 1 atom stereocenters. The predicted octanol–water partition coefficient (Wildman–Crippen LogP) is 2.21. The van der Waals surface area contributed by atoms with Crippen LogP contribution in [0.3, 0.4) is 0 Å². The Hall–Kier alpha value is -2.42. The van der Waals surface area contributed by atoms with Crippen LogP contribution in [-0.4, -0.2) is 11.8 Å². The van der Waals surface area contributed by atoms with Gasteiger partial charge in [0.15, 0.2) is 0 Å². The van der Waals surface area contributed by atoms with Crippen molar-refractivity contribution in [3.63, 3.8) is 0 Å². The molecule has 2 aromatic rings. The third kappa shape index (κ3) is 2.11. The van der Waals surface area contributed by atoms with Crippen molar-refractivity contribution in [3.8, 4) is 0 Å². The van der Waals surface area contributed by atoms with Crippen LogP contribution in [0.1, 0.15) is 17.5 Å². The van der Waals surface area contributed by atoms with Gasteiger partial charge in [-0.2, -0.15) is 0 Å². The van der Waals surface area contributed by atoms with Crippen molar-refractivity contribution in [2.24, 2.45) is 0 Å². The molecule has 1 heterocycles. The number of hydrogen-bond acceptors (Lipinski definition) is 2. The van der Waals surface area contributed by atoms with Crippen LogP contribution >= 0.6 is 0 Å². The number of amides is 2. The molecule has 20 heavy (non-hydrogen) atoms. The van der Waals surface area contributed by atoms with Gasteiger partial charge in [0.2, 0.25) is 11.8 Å². The van der Waals surface area contributed by atoms with Crippen LogP contribution in [0.5, 0.6) is 0 Å². The zero-order valence-corrected chi connectivity index (χ0v) is 11.0. The Morgan fingerprint density at radius 3 is 2.05 bits per heavy atom. The van der Waals surface area contributed by atoms with E-state index in [0.29, 0.717) is 6.42 Å².